The van der Waals surface area contributed by atoms with Gasteiger partial charge in [-0.1, -0.05) is 56.7 Å². The summed E-state index contributed by atoms with van der Waals surface area (Å²) in [7, 11) is 4.22. The first kappa shape index (κ1) is 24.0. The third-order valence-electron chi connectivity index (χ3n) is 5.06. The van der Waals surface area contributed by atoms with E-state index in [9.17, 15) is 5.11 Å². The molecule has 1 N–H and O–H groups in total. The summed E-state index contributed by atoms with van der Waals surface area (Å²) in [5, 5.41) is 18.9. The number of azo groups is 1. The highest BCUT2D eigenvalue weighted by molar-refractivity contribution is 5.47. The molecule has 2 rings (SSSR count). The molecule has 0 saturated carbocycles. The maximum Gasteiger partial charge on any atom is 0.182 e. The molecule has 0 heterocycles. The van der Waals surface area contributed by atoms with Gasteiger partial charge < -0.3 is 14.3 Å². The number of unbranched alkanes of at least 4 members (excludes halogenated alkanes) is 5. The van der Waals surface area contributed by atoms with Gasteiger partial charge in [0.05, 0.1) is 37.6 Å². The van der Waals surface area contributed by atoms with Gasteiger partial charge in [-0.3, -0.25) is 0 Å². The Labute approximate surface area is 182 Å². The van der Waals surface area contributed by atoms with E-state index in [4.69, 9.17) is 4.74 Å². The monoisotopic (exact) mass is 412 g/mol. The lowest BCUT2D eigenvalue weighted by atomic mass is 10.1. The largest absolute Gasteiger partial charge is 0.507 e. The van der Waals surface area contributed by atoms with Crippen molar-refractivity contribution in [2.24, 2.45) is 10.2 Å². The molecule has 0 aromatic heterocycles. The highest BCUT2D eigenvalue weighted by atomic mass is 16.5. The van der Waals surface area contributed by atoms with Crippen molar-refractivity contribution in [1.29, 1.82) is 0 Å². The smallest absolute Gasteiger partial charge is 0.182 e. The summed E-state index contributed by atoms with van der Waals surface area (Å²) in [5.41, 5.74) is 3.59. The molecule has 30 heavy (non-hydrogen) atoms. The Balaban J connectivity index is 1.85. The number of aryl methyl sites for hydroxylation is 1. The maximum atomic E-state index is 10.3. The fourth-order valence-electron chi connectivity index (χ4n) is 3.29. The molecule has 0 aliphatic rings. The normalized spacial score (nSPS) is 12.0. The SMILES string of the molecule is CCCCCCCCOC[N+](C)(C)Cc1cc(N=Nc2ccc(C)cc2)ccc1O. The second-order valence-corrected chi connectivity index (χ2v) is 8.75. The average molecular weight is 413 g/mol. The minimum atomic E-state index is 0.284. The van der Waals surface area contributed by atoms with Crippen LogP contribution in [-0.2, 0) is 11.3 Å². The van der Waals surface area contributed by atoms with Gasteiger partial charge in [0.25, 0.3) is 0 Å². The maximum absolute atomic E-state index is 10.3. The molecule has 2 aromatic rings. The van der Waals surface area contributed by atoms with E-state index in [1.54, 1.807) is 12.1 Å². The van der Waals surface area contributed by atoms with Crippen molar-refractivity contribution in [2.45, 2.75) is 58.9 Å². The van der Waals surface area contributed by atoms with Crippen LogP contribution in [0, 0.1) is 6.92 Å². The van der Waals surface area contributed by atoms with E-state index in [2.05, 4.69) is 31.2 Å². The number of phenolic OH excluding ortho intramolecular Hbond substituents is 1. The Kier molecular flexibility index (Phi) is 9.98. The molecule has 0 fully saturated rings. The number of hydrogen-bond acceptors (Lipinski definition) is 4. The molecule has 0 radical (unpaired) electrons. The summed E-state index contributed by atoms with van der Waals surface area (Å²) in [5.74, 6) is 0.284. The summed E-state index contributed by atoms with van der Waals surface area (Å²) in [6.45, 7) is 6.36. The summed E-state index contributed by atoms with van der Waals surface area (Å²) in [4.78, 5) is 0. The van der Waals surface area contributed by atoms with Gasteiger partial charge in [-0.15, -0.1) is 0 Å². The topological polar surface area (TPSA) is 54.2 Å². The Hall–Kier alpha value is -2.24. The third-order valence-corrected chi connectivity index (χ3v) is 5.06. The molecule has 0 saturated heterocycles. The zero-order chi connectivity index (χ0) is 21.8. The molecule has 0 bridgehead atoms. The van der Waals surface area contributed by atoms with Gasteiger partial charge in [0.2, 0.25) is 0 Å². The standard InChI is InChI=1S/C25H37N3O2/c1-5-6-7-8-9-10-17-30-20-28(3,4)19-22-18-24(15-16-25(22)29)27-26-23-13-11-21(2)12-14-23/h11-16,18H,5-10,17,19-20H2,1-4H3/p+1. The van der Waals surface area contributed by atoms with Crippen LogP contribution in [0.2, 0.25) is 0 Å². The molecule has 0 spiro atoms. The van der Waals surface area contributed by atoms with Crippen LogP contribution in [0.5, 0.6) is 5.75 Å². The van der Waals surface area contributed by atoms with Crippen molar-refractivity contribution in [3.8, 4) is 5.75 Å². The van der Waals surface area contributed by atoms with Gasteiger partial charge in [-0.2, -0.15) is 10.2 Å². The first-order valence-corrected chi connectivity index (χ1v) is 11.1. The van der Waals surface area contributed by atoms with Gasteiger partial charge in [0.1, 0.15) is 12.3 Å². The summed E-state index contributed by atoms with van der Waals surface area (Å²) < 4.78 is 6.55. The molecule has 2 aromatic carbocycles. The molecule has 164 valence electrons. The van der Waals surface area contributed by atoms with Crippen LogP contribution >= 0.6 is 0 Å². The Bertz CT molecular complexity index is 785. The number of hydrogen-bond donors (Lipinski definition) is 1. The lowest BCUT2D eigenvalue weighted by Gasteiger charge is -2.29. The molecule has 5 heteroatoms. The molecule has 0 atom stereocenters. The number of quaternary nitrogens is 1. The zero-order valence-electron chi connectivity index (χ0n) is 19.1. The molecule has 0 unspecified atom stereocenters. The number of benzene rings is 2. The number of rotatable bonds is 13. The second-order valence-electron chi connectivity index (χ2n) is 8.75. The van der Waals surface area contributed by atoms with E-state index in [-0.39, 0.29) is 5.75 Å². The van der Waals surface area contributed by atoms with Gasteiger partial charge in [-0.25, -0.2) is 0 Å². The molecular weight excluding hydrogens is 374 g/mol. The number of aromatic hydroxyl groups is 1. The van der Waals surface area contributed by atoms with Crippen molar-refractivity contribution in [3.05, 3.63) is 53.6 Å². The quantitative estimate of drug-likeness (QED) is 0.166. The molecule has 5 nitrogen and oxygen atoms in total. The highest BCUT2D eigenvalue weighted by Gasteiger charge is 2.18. The van der Waals surface area contributed by atoms with Crippen molar-refractivity contribution in [2.75, 3.05) is 27.4 Å². The van der Waals surface area contributed by atoms with Crippen LogP contribution in [0.25, 0.3) is 0 Å². The molecule has 0 aliphatic heterocycles. The lowest BCUT2D eigenvalue weighted by molar-refractivity contribution is -0.922. The summed E-state index contributed by atoms with van der Waals surface area (Å²) in [6.07, 6.45) is 7.59. The summed E-state index contributed by atoms with van der Waals surface area (Å²) >= 11 is 0. The highest BCUT2D eigenvalue weighted by Crippen LogP contribution is 2.27. The number of phenols is 1. The average Bonchev–Trinajstić information content (AvgIpc) is 2.71. The molecule has 0 aliphatic carbocycles. The van der Waals surface area contributed by atoms with Crippen LogP contribution in [0.1, 0.15) is 56.6 Å². The van der Waals surface area contributed by atoms with Crippen molar-refractivity contribution in [1.82, 2.24) is 0 Å². The molecule has 0 amide bonds. The van der Waals surface area contributed by atoms with Crippen LogP contribution < -0.4 is 0 Å². The Morgan fingerprint density at radius 1 is 0.867 bits per heavy atom. The van der Waals surface area contributed by atoms with Crippen molar-refractivity contribution < 1.29 is 14.3 Å². The van der Waals surface area contributed by atoms with E-state index in [0.717, 1.165) is 30.0 Å². The van der Waals surface area contributed by atoms with Crippen molar-refractivity contribution >= 4 is 11.4 Å². The third kappa shape index (κ3) is 9.06. The first-order chi connectivity index (χ1) is 14.4. The van der Waals surface area contributed by atoms with E-state index in [1.807, 2.05) is 37.3 Å². The van der Waals surface area contributed by atoms with Crippen molar-refractivity contribution in [3.63, 3.8) is 0 Å². The van der Waals surface area contributed by atoms with E-state index in [1.165, 1.54) is 37.7 Å². The van der Waals surface area contributed by atoms with E-state index < -0.39 is 0 Å². The van der Waals surface area contributed by atoms with Gasteiger partial charge >= 0.3 is 0 Å². The molecular formula is C25H38N3O2+. The Morgan fingerprint density at radius 2 is 1.50 bits per heavy atom. The van der Waals surface area contributed by atoms with E-state index >= 15 is 0 Å². The van der Waals surface area contributed by atoms with E-state index in [0.29, 0.717) is 17.8 Å². The van der Waals surface area contributed by atoms with Gasteiger partial charge in [-0.05, 0) is 43.7 Å². The fourth-order valence-corrected chi connectivity index (χ4v) is 3.29. The number of ether oxygens (including phenoxy) is 1. The number of nitrogens with zero attached hydrogens (tertiary/aromatic N) is 3. The van der Waals surface area contributed by atoms with Crippen LogP contribution in [0.4, 0.5) is 11.4 Å². The summed E-state index contributed by atoms with van der Waals surface area (Å²) in [6, 6.07) is 13.3. The van der Waals surface area contributed by atoms with Gasteiger partial charge in [0.15, 0.2) is 6.73 Å². The van der Waals surface area contributed by atoms with Crippen LogP contribution in [0.3, 0.4) is 0 Å². The van der Waals surface area contributed by atoms with Crippen LogP contribution in [-0.4, -0.2) is 37.0 Å². The lowest BCUT2D eigenvalue weighted by Crippen LogP contribution is -2.40. The fraction of sp³-hybridized carbons (Fsp3) is 0.520. The van der Waals surface area contributed by atoms with Gasteiger partial charge in [0, 0.05) is 0 Å². The second kappa shape index (κ2) is 12.5. The predicted molar refractivity (Wildman–Crippen MR) is 123 cm³/mol. The minimum absolute atomic E-state index is 0.284. The Morgan fingerprint density at radius 3 is 2.23 bits per heavy atom. The predicted octanol–water partition coefficient (Wildman–Crippen LogP) is 7.03. The minimum Gasteiger partial charge on any atom is -0.507 e. The zero-order valence-corrected chi connectivity index (χ0v) is 19.1. The first-order valence-electron chi connectivity index (χ1n) is 11.1. The van der Waals surface area contributed by atoms with Crippen LogP contribution in [0.15, 0.2) is 52.7 Å².